The standard InChI is InChI=1S/C25H25N3O4/c1-30-23-17(15-27-24(28-23)31-2)9-7-8-14-26-25(29)32-16-22-20-12-5-3-10-18(20)19-11-4-6-13-21(19)22/h3-7,9-13,15,22H,8,14,16H2,1-2H3,(H,26,29). The Balaban J connectivity index is 1.27. The largest absolute Gasteiger partial charge is 0.480 e. The molecular formula is C25H25N3O4. The summed E-state index contributed by atoms with van der Waals surface area (Å²) in [4.78, 5) is 20.4. The smallest absolute Gasteiger partial charge is 0.407 e. The molecule has 0 saturated carbocycles. The first-order valence-corrected chi connectivity index (χ1v) is 10.4. The fraction of sp³-hybridized carbons (Fsp3) is 0.240. The number of nitrogens with zero attached hydrogens (tertiary/aromatic N) is 2. The van der Waals surface area contributed by atoms with Gasteiger partial charge in [-0.2, -0.15) is 4.98 Å². The summed E-state index contributed by atoms with van der Waals surface area (Å²) in [6.07, 6.45) is 5.58. The lowest BCUT2D eigenvalue weighted by Gasteiger charge is -2.14. The molecule has 1 amide bonds. The summed E-state index contributed by atoms with van der Waals surface area (Å²) in [5, 5.41) is 2.79. The Morgan fingerprint density at radius 2 is 1.72 bits per heavy atom. The number of rotatable bonds is 8. The van der Waals surface area contributed by atoms with Gasteiger partial charge in [0.1, 0.15) is 6.61 Å². The highest BCUT2D eigenvalue weighted by Crippen LogP contribution is 2.44. The van der Waals surface area contributed by atoms with Crippen molar-refractivity contribution in [3.8, 4) is 23.0 Å². The number of carbonyl (C=O) groups is 1. The van der Waals surface area contributed by atoms with Gasteiger partial charge < -0.3 is 19.5 Å². The van der Waals surface area contributed by atoms with Crippen LogP contribution in [-0.4, -0.2) is 43.4 Å². The second-order valence-electron chi connectivity index (χ2n) is 7.26. The topological polar surface area (TPSA) is 82.6 Å². The summed E-state index contributed by atoms with van der Waals surface area (Å²) in [6, 6.07) is 16.8. The van der Waals surface area contributed by atoms with Gasteiger partial charge in [-0.25, -0.2) is 9.78 Å². The molecule has 164 valence electrons. The minimum Gasteiger partial charge on any atom is -0.480 e. The first kappa shape index (κ1) is 21.4. The molecule has 7 heteroatoms. The van der Waals surface area contributed by atoms with E-state index in [0.29, 0.717) is 25.5 Å². The SMILES string of the molecule is COc1ncc(C=CCCNC(=O)OCC2c3ccccc3-c3ccccc32)c(OC)n1. The number of carbonyl (C=O) groups excluding carboxylic acids is 1. The van der Waals surface area contributed by atoms with E-state index in [9.17, 15) is 4.79 Å². The Kier molecular flexibility index (Phi) is 6.65. The lowest BCUT2D eigenvalue weighted by Crippen LogP contribution is -2.26. The molecule has 1 N–H and O–H groups in total. The molecule has 0 fully saturated rings. The molecule has 2 aromatic carbocycles. The van der Waals surface area contributed by atoms with E-state index in [2.05, 4.69) is 39.6 Å². The van der Waals surface area contributed by atoms with Crippen molar-refractivity contribution in [2.24, 2.45) is 0 Å². The number of hydrogen-bond acceptors (Lipinski definition) is 6. The van der Waals surface area contributed by atoms with Crippen molar-refractivity contribution in [1.29, 1.82) is 0 Å². The number of aromatic nitrogens is 2. The maximum Gasteiger partial charge on any atom is 0.407 e. The van der Waals surface area contributed by atoms with Gasteiger partial charge >= 0.3 is 12.1 Å². The van der Waals surface area contributed by atoms with Crippen molar-refractivity contribution >= 4 is 12.2 Å². The summed E-state index contributed by atoms with van der Waals surface area (Å²) in [5.41, 5.74) is 5.54. The minimum atomic E-state index is -0.425. The van der Waals surface area contributed by atoms with Crippen LogP contribution in [0, 0.1) is 0 Å². The van der Waals surface area contributed by atoms with E-state index in [-0.39, 0.29) is 11.9 Å². The molecule has 0 atom stereocenters. The number of ether oxygens (including phenoxy) is 3. The van der Waals surface area contributed by atoms with Crippen molar-refractivity contribution in [1.82, 2.24) is 15.3 Å². The van der Waals surface area contributed by atoms with Crippen molar-refractivity contribution < 1.29 is 19.0 Å². The third-order valence-corrected chi connectivity index (χ3v) is 5.36. The number of alkyl carbamates (subject to hydrolysis) is 1. The van der Waals surface area contributed by atoms with Crippen LogP contribution in [0.15, 0.2) is 60.8 Å². The molecule has 32 heavy (non-hydrogen) atoms. The number of fused-ring (bicyclic) bond motifs is 3. The van der Waals surface area contributed by atoms with Crippen LogP contribution in [-0.2, 0) is 4.74 Å². The second-order valence-corrected chi connectivity index (χ2v) is 7.26. The van der Waals surface area contributed by atoms with Gasteiger partial charge in [-0.05, 0) is 28.7 Å². The van der Waals surface area contributed by atoms with Gasteiger partial charge in [-0.3, -0.25) is 0 Å². The average Bonchev–Trinajstić information content (AvgIpc) is 3.16. The van der Waals surface area contributed by atoms with E-state index in [1.165, 1.54) is 36.5 Å². The normalized spacial score (nSPS) is 12.3. The Hall–Kier alpha value is -3.87. The summed E-state index contributed by atoms with van der Waals surface area (Å²) >= 11 is 0. The zero-order valence-electron chi connectivity index (χ0n) is 18.1. The van der Waals surface area contributed by atoms with Gasteiger partial charge in [-0.15, -0.1) is 0 Å². The highest BCUT2D eigenvalue weighted by molar-refractivity contribution is 5.79. The molecule has 3 aromatic rings. The summed E-state index contributed by atoms with van der Waals surface area (Å²) in [5.74, 6) is 0.480. The van der Waals surface area contributed by atoms with Crippen LogP contribution in [0.2, 0.25) is 0 Å². The fourth-order valence-corrected chi connectivity index (χ4v) is 3.85. The van der Waals surface area contributed by atoms with Gasteiger partial charge in [0.2, 0.25) is 5.88 Å². The van der Waals surface area contributed by atoms with Crippen LogP contribution in [0.3, 0.4) is 0 Å². The Bertz CT molecular complexity index is 1080. The molecule has 1 heterocycles. The Morgan fingerprint density at radius 1 is 1.03 bits per heavy atom. The summed E-state index contributed by atoms with van der Waals surface area (Å²) in [6.45, 7) is 0.753. The third kappa shape index (κ3) is 4.56. The van der Waals surface area contributed by atoms with E-state index in [1.54, 1.807) is 6.20 Å². The fourth-order valence-electron chi connectivity index (χ4n) is 3.85. The number of hydrogen-bond donors (Lipinski definition) is 1. The van der Waals surface area contributed by atoms with Crippen molar-refractivity contribution in [2.75, 3.05) is 27.4 Å². The second kappa shape index (κ2) is 9.96. The Labute approximate surface area is 187 Å². The number of nitrogens with one attached hydrogen (secondary N) is 1. The molecule has 0 bridgehead atoms. The van der Waals surface area contributed by atoms with Crippen molar-refractivity contribution in [2.45, 2.75) is 12.3 Å². The quantitative estimate of drug-likeness (QED) is 0.531. The van der Waals surface area contributed by atoms with Crippen LogP contribution >= 0.6 is 0 Å². The number of amides is 1. The lowest BCUT2D eigenvalue weighted by molar-refractivity contribution is 0.143. The first-order valence-electron chi connectivity index (χ1n) is 10.4. The van der Waals surface area contributed by atoms with Gasteiger partial charge in [0.25, 0.3) is 0 Å². The van der Waals surface area contributed by atoms with E-state index in [4.69, 9.17) is 14.2 Å². The van der Waals surface area contributed by atoms with Crippen LogP contribution in [0.1, 0.15) is 29.0 Å². The number of benzene rings is 2. The molecule has 1 aliphatic carbocycles. The average molecular weight is 431 g/mol. The zero-order valence-corrected chi connectivity index (χ0v) is 18.1. The van der Waals surface area contributed by atoms with Crippen molar-refractivity contribution in [3.05, 3.63) is 77.5 Å². The van der Waals surface area contributed by atoms with Crippen LogP contribution < -0.4 is 14.8 Å². The van der Waals surface area contributed by atoms with Gasteiger partial charge in [0, 0.05) is 18.7 Å². The maximum atomic E-state index is 12.2. The monoisotopic (exact) mass is 431 g/mol. The maximum absolute atomic E-state index is 12.2. The van der Waals surface area contributed by atoms with E-state index >= 15 is 0 Å². The predicted molar refractivity (Wildman–Crippen MR) is 122 cm³/mol. The van der Waals surface area contributed by atoms with Crippen LogP contribution in [0.4, 0.5) is 4.79 Å². The van der Waals surface area contributed by atoms with Gasteiger partial charge in [0.15, 0.2) is 0 Å². The van der Waals surface area contributed by atoms with E-state index in [1.807, 2.05) is 36.4 Å². The molecule has 1 aromatic heterocycles. The lowest BCUT2D eigenvalue weighted by atomic mass is 9.98. The zero-order chi connectivity index (χ0) is 22.3. The minimum absolute atomic E-state index is 0.0515. The van der Waals surface area contributed by atoms with Crippen molar-refractivity contribution in [3.63, 3.8) is 0 Å². The molecule has 0 unspecified atom stereocenters. The van der Waals surface area contributed by atoms with Gasteiger partial charge in [-0.1, -0.05) is 60.7 Å². The molecule has 4 rings (SSSR count). The van der Waals surface area contributed by atoms with E-state index < -0.39 is 6.09 Å². The summed E-state index contributed by atoms with van der Waals surface area (Å²) in [7, 11) is 3.04. The highest BCUT2D eigenvalue weighted by atomic mass is 16.5. The molecule has 0 spiro atoms. The molecule has 0 radical (unpaired) electrons. The van der Waals surface area contributed by atoms with Crippen LogP contribution in [0.25, 0.3) is 17.2 Å². The predicted octanol–water partition coefficient (Wildman–Crippen LogP) is 4.44. The first-order chi connectivity index (χ1) is 15.7. The van der Waals surface area contributed by atoms with Crippen LogP contribution in [0.5, 0.6) is 11.9 Å². The molecule has 1 aliphatic rings. The highest BCUT2D eigenvalue weighted by Gasteiger charge is 2.28. The van der Waals surface area contributed by atoms with E-state index in [0.717, 1.165) is 5.56 Å². The molecule has 7 nitrogen and oxygen atoms in total. The molecule has 0 aliphatic heterocycles. The Morgan fingerprint density at radius 3 is 2.38 bits per heavy atom. The number of methoxy groups -OCH3 is 2. The van der Waals surface area contributed by atoms with Gasteiger partial charge in [0.05, 0.1) is 19.8 Å². The summed E-state index contributed by atoms with van der Waals surface area (Å²) < 4.78 is 15.8. The molecule has 0 saturated heterocycles. The molecular weight excluding hydrogens is 406 g/mol. The third-order valence-electron chi connectivity index (χ3n) is 5.36.